The molecule has 0 atom stereocenters. The van der Waals surface area contributed by atoms with E-state index in [-0.39, 0.29) is 18.3 Å². The van der Waals surface area contributed by atoms with E-state index in [4.69, 9.17) is 4.74 Å². The van der Waals surface area contributed by atoms with Crippen LogP contribution in [-0.4, -0.2) is 17.6 Å². The molecule has 110 valence electrons. The number of amides is 1. The van der Waals surface area contributed by atoms with Gasteiger partial charge in [-0.05, 0) is 61.7 Å². The van der Waals surface area contributed by atoms with Gasteiger partial charge >= 0.3 is 0 Å². The molecule has 0 aliphatic rings. The van der Waals surface area contributed by atoms with Crippen LogP contribution >= 0.6 is 0 Å². The molecule has 2 rings (SSSR count). The minimum Gasteiger partial charge on any atom is -0.508 e. The highest BCUT2D eigenvalue weighted by Gasteiger charge is 2.08. The van der Waals surface area contributed by atoms with Crippen LogP contribution in [0.2, 0.25) is 0 Å². The molecule has 0 aliphatic heterocycles. The molecule has 0 spiro atoms. The summed E-state index contributed by atoms with van der Waals surface area (Å²) in [6, 6.07) is 10.6. The van der Waals surface area contributed by atoms with E-state index in [9.17, 15) is 9.90 Å². The number of benzene rings is 2. The molecular weight excluding hydrogens is 266 g/mol. The Morgan fingerprint density at radius 1 is 1.14 bits per heavy atom. The first kappa shape index (κ1) is 14.9. The summed E-state index contributed by atoms with van der Waals surface area (Å²) in [5.41, 5.74) is 3.63. The van der Waals surface area contributed by atoms with E-state index in [1.54, 1.807) is 12.1 Å². The second kappa shape index (κ2) is 6.31. The highest BCUT2D eigenvalue weighted by atomic mass is 16.5. The summed E-state index contributed by atoms with van der Waals surface area (Å²) in [6.45, 7) is 5.74. The Morgan fingerprint density at radius 3 is 2.62 bits per heavy atom. The monoisotopic (exact) mass is 285 g/mol. The van der Waals surface area contributed by atoms with E-state index in [1.807, 2.05) is 39.0 Å². The molecule has 0 heterocycles. The number of hydrogen-bond acceptors (Lipinski definition) is 3. The van der Waals surface area contributed by atoms with Crippen LogP contribution in [0.25, 0.3) is 0 Å². The average Bonchev–Trinajstić information content (AvgIpc) is 2.43. The van der Waals surface area contributed by atoms with E-state index in [2.05, 4.69) is 5.32 Å². The van der Waals surface area contributed by atoms with Crippen molar-refractivity contribution in [3.63, 3.8) is 0 Å². The summed E-state index contributed by atoms with van der Waals surface area (Å²) in [6.07, 6.45) is 0. The molecule has 0 bridgehead atoms. The van der Waals surface area contributed by atoms with Crippen LogP contribution in [0.4, 0.5) is 5.69 Å². The van der Waals surface area contributed by atoms with Crippen molar-refractivity contribution in [2.45, 2.75) is 20.8 Å². The Bertz CT molecular complexity index is 665. The molecule has 4 nitrogen and oxygen atoms in total. The predicted octanol–water partition coefficient (Wildman–Crippen LogP) is 3.33. The van der Waals surface area contributed by atoms with Gasteiger partial charge < -0.3 is 15.2 Å². The summed E-state index contributed by atoms with van der Waals surface area (Å²) in [4.78, 5) is 11.9. The second-order valence-corrected chi connectivity index (χ2v) is 5.03. The summed E-state index contributed by atoms with van der Waals surface area (Å²) in [5, 5.41) is 12.1. The zero-order chi connectivity index (χ0) is 15.4. The summed E-state index contributed by atoms with van der Waals surface area (Å²) < 4.78 is 5.55. The van der Waals surface area contributed by atoms with Crippen LogP contribution in [0.5, 0.6) is 11.5 Å². The number of carbonyl (C=O) groups excluding carboxylic acids is 1. The molecule has 0 aliphatic carbocycles. The van der Waals surface area contributed by atoms with Crippen molar-refractivity contribution in [3.8, 4) is 11.5 Å². The highest BCUT2D eigenvalue weighted by molar-refractivity contribution is 5.92. The van der Waals surface area contributed by atoms with Crippen LogP contribution < -0.4 is 10.1 Å². The predicted molar refractivity (Wildman–Crippen MR) is 82.9 cm³/mol. The van der Waals surface area contributed by atoms with Gasteiger partial charge in [-0.1, -0.05) is 12.1 Å². The van der Waals surface area contributed by atoms with Gasteiger partial charge in [-0.3, -0.25) is 4.79 Å². The molecule has 2 aromatic rings. The first-order valence-corrected chi connectivity index (χ1v) is 6.76. The molecule has 4 heteroatoms. The number of ether oxygens (including phenoxy) is 1. The van der Waals surface area contributed by atoms with Crippen molar-refractivity contribution in [2.24, 2.45) is 0 Å². The Kier molecular flexibility index (Phi) is 4.48. The number of aromatic hydroxyl groups is 1. The third-order valence-corrected chi connectivity index (χ3v) is 3.40. The third-order valence-electron chi connectivity index (χ3n) is 3.40. The Labute approximate surface area is 124 Å². The second-order valence-electron chi connectivity index (χ2n) is 5.03. The van der Waals surface area contributed by atoms with Crippen molar-refractivity contribution >= 4 is 11.6 Å². The lowest BCUT2D eigenvalue weighted by Gasteiger charge is -2.12. The van der Waals surface area contributed by atoms with Crippen LogP contribution in [0.3, 0.4) is 0 Å². The first-order valence-electron chi connectivity index (χ1n) is 6.76. The van der Waals surface area contributed by atoms with Gasteiger partial charge in [-0.15, -0.1) is 0 Å². The minimum atomic E-state index is -0.232. The fraction of sp³-hybridized carbons (Fsp3) is 0.235. The van der Waals surface area contributed by atoms with E-state index < -0.39 is 0 Å². The zero-order valence-electron chi connectivity index (χ0n) is 12.4. The van der Waals surface area contributed by atoms with Crippen molar-refractivity contribution in [2.75, 3.05) is 11.9 Å². The van der Waals surface area contributed by atoms with E-state index in [1.165, 1.54) is 6.07 Å². The molecular formula is C17H19NO3. The minimum absolute atomic E-state index is 0.0510. The van der Waals surface area contributed by atoms with Gasteiger partial charge in [-0.2, -0.15) is 0 Å². The van der Waals surface area contributed by atoms with Gasteiger partial charge in [0.2, 0.25) is 0 Å². The maximum atomic E-state index is 11.9. The molecule has 21 heavy (non-hydrogen) atoms. The number of phenolic OH excluding ortho intramolecular Hbond substituents is 1. The molecule has 0 saturated carbocycles. The molecule has 0 unspecified atom stereocenters. The fourth-order valence-electron chi connectivity index (χ4n) is 2.00. The molecule has 2 N–H and O–H groups in total. The smallest absolute Gasteiger partial charge is 0.262 e. The standard InChI is InChI=1S/C17H19NO3/c1-11-5-4-6-16(13(11)3)21-10-17(20)18-15-8-7-14(19)9-12(15)2/h4-9,19H,10H2,1-3H3,(H,18,20). The average molecular weight is 285 g/mol. The number of anilines is 1. The molecule has 0 saturated heterocycles. The lowest BCUT2D eigenvalue weighted by Crippen LogP contribution is -2.20. The first-order chi connectivity index (χ1) is 9.97. The maximum absolute atomic E-state index is 11.9. The largest absolute Gasteiger partial charge is 0.508 e. The fourth-order valence-corrected chi connectivity index (χ4v) is 2.00. The molecule has 0 aromatic heterocycles. The number of aryl methyl sites for hydroxylation is 2. The summed E-state index contributed by atoms with van der Waals surface area (Å²) >= 11 is 0. The normalized spacial score (nSPS) is 10.2. The SMILES string of the molecule is Cc1cc(O)ccc1NC(=O)COc1cccc(C)c1C. The van der Waals surface area contributed by atoms with E-state index >= 15 is 0 Å². The van der Waals surface area contributed by atoms with Crippen molar-refractivity contribution in [1.29, 1.82) is 0 Å². The van der Waals surface area contributed by atoms with Crippen LogP contribution in [-0.2, 0) is 4.79 Å². The maximum Gasteiger partial charge on any atom is 0.262 e. The number of rotatable bonds is 4. The molecule has 0 fully saturated rings. The third kappa shape index (κ3) is 3.75. The summed E-state index contributed by atoms with van der Waals surface area (Å²) in [5.74, 6) is 0.661. The number of phenols is 1. The number of nitrogens with one attached hydrogen (secondary N) is 1. The van der Waals surface area contributed by atoms with Gasteiger partial charge in [0.15, 0.2) is 6.61 Å². The molecule has 2 aromatic carbocycles. The molecule has 1 amide bonds. The zero-order valence-corrected chi connectivity index (χ0v) is 12.4. The lowest BCUT2D eigenvalue weighted by molar-refractivity contribution is -0.118. The van der Waals surface area contributed by atoms with Gasteiger partial charge in [-0.25, -0.2) is 0 Å². The molecule has 0 radical (unpaired) electrons. The quantitative estimate of drug-likeness (QED) is 0.847. The highest BCUT2D eigenvalue weighted by Crippen LogP contribution is 2.22. The number of carbonyl (C=O) groups is 1. The summed E-state index contributed by atoms with van der Waals surface area (Å²) in [7, 11) is 0. The Balaban J connectivity index is 1.97. The van der Waals surface area contributed by atoms with Crippen molar-refractivity contribution in [1.82, 2.24) is 0 Å². The van der Waals surface area contributed by atoms with Crippen LogP contribution in [0.15, 0.2) is 36.4 Å². The van der Waals surface area contributed by atoms with Gasteiger partial charge in [0, 0.05) is 5.69 Å². The van der Waals surface area contributed by atoms with Crippen molar-refractivity contribution < 1.29 is 14.6 Å². The van der Waals surface area contributed by atoms with Crippen LogP contribution in [0, 0.1) is 20.8 Å². The van der Waals surface area contributed by atoms with E-state index in [0.717, 1.165) is 16.7 Å². The lowest BCUT2D eigenvalue weighted by atomic mass is 10.1. The van der Waals surface area contributed by atoms with Gasteiger partial charge in [0.05, 0.1) is 0 Å². The topological polar surface area (TPSA) is 58.6 Å². The number of hydrogen-bond donors (Lipinski definition) is 2. The van der Waals surface area contributed by atoms with Gasteiger partial charge in [0.1, 0.15) is 11.5 Å². The Hall–Kier alpha value is -2.49. The van der Waals surface area contributed by atoms with Gasteiger partial charge in [0.25, 0.3) is 5.91 Å². The van der Waals surface area contributed by atoms with Crippen molar-refractivity contribution in [3.05, 3.63) is 53.1 Å². The van der Waals surface area contributed by atoms with E-state index in [0.29, 0.717) is 11.4 Å². The van der Waals surface area contributed by atoms with Crippen LogP contribution in [0.1, 0.15) is 16.7 Å². The Morgan fingerprint density at radius 2 is 1.90 bits per heavy atom.